The molecule has 0 amide bonds. The molecule has 3 nitrogen and oxygen atoms in total. The summed E-state index contributed by atoms with van der Waals surface area (Å²) in [7, 11) is 0. The zero-order valence-electron chi connectivity index (χ0n) is 11.8. The molecular formula is C15H22F2N2O. The topological polar surface area (TPSA) is 35.5 Å². The van der Waals surface area contributed by atoms with Gasteiger partial charge >= 0.3 is 0 Å². The van der Waals surface area contributed by atoms with Gasteiger partial charge in [-0.25, -0.2) is 8.78 Å². The van der Waals surface area contributed by atoms with Crippen LogP contribution in [-0.2, 0) is 0 Å². The minimum atomic E-state index is -0.758. The van der Waals surface area contributed by atoms with Gasteiger partial charge in [0.25, 0.3) is 0 Å². The van der Waals surface area contributed by atoms with E-state index in [-0.39, 0.29) is 12.6 Å². The van der Waals surface area contributed by atoms with Crippen LogP contribution in [0.1, 0.15) is 30.0 Å². The van der Waals surface area contributed by atoms with E-state index in [4.69, 9.17) is 5.11 Å². The van der Waals surface area contributed by atoms with Crippen molar-refractivity contribution in [2.45, 2.75) is 25.8 Å². The Morgan fingerprint density at radius 2 is 1.95 bits per heavy atom. The van der Waals surface area contributed by atoms with Gasteiger partial charge in [0.1, 0.15) is 0 Å². The first kappa shape index (κ1) is 15.4. The number of hydrogen-bond acceptors (Lipinski definition) is 3. The third kappa shape index (κ3) is 3.34. The predicted octanol–water partition coefficient (Wildman–Crippen LogP) is 1.99. The third-order valence-electron chi connectivity index (χ3n) is 3.89. The van der Waals surface area contributed by atoms with E-state index in [9.17, 15) is 8.78 Å². The van der Waals surface area contributed by atoms with Gasteiger partial charge in [-0.05, 0) is 25.3 Å². The molecule has 0 radical (unpaired) electrons. The lowest BCUT2D eigenvalue weighted by Crippen LogP contribution is -2.45. The smallest absolute Gasteiger partial charge is 0.163 e. The zero-order chi connectivity index (χ0) is 14.5. The first-order valence-electron chi connectivity index (χ1n) is 7.15. The maximum Gasteiger partial charge on any atom is 0.163 e. The van der Waals surface area contributed by atoms with Crippen molar-refractivity contribution in [3.8, 4) is 0 Å². The number of nitrogens with one attached hydrogen (secondary N) is 1. The Bertz CT molecular complexity index is 448. The van der Waals surface area contributed by atoms with Gasteiger partial charge in [0.05, 0.1) is 0 Å². The molecule has 1 heterocycles. The maximum absolute atomic E-state index is 14.2. The molecule has 20 heavy (non-hydrogen) atoms. The summed E-state index contributed by atoms with van der Waals surface area (Å²) in [6.45, 7) is 4.96. The Morgan fingerprint density at radius 3 is 2.60 bits per heavy atom. The standard InChI is InChI=1S/C15H22F2N2O/c1-11-4-5-12(15(17)14(11)16)13(3-2-10-20)19-8-6-18-7-9-19/h4-5,13,18,20H,2-3,6-10H2,1H3/t13-/m1/s1. The number of benzene rings is 1. The second-order valence-electron chi connectivity index (χ2n) is 5.27. The van der Waals surface area contributed by atoms with Gasteiger partial charge in [0.15, 0.2) is 11.6 Å². The van der Waals surface area contributed by atoms with Crippen LogP contribution in [0.25, 0.3) is 0 Å². The van der Waals surface area contributed by atoms with E-state index in [0.717, 1.165) is 26.2 Å². The van der Waals surface area contributed by atoms with E-state index in [1.165, 1.54) is 0 Å². The van der Waals surface area contributed by atoms with E-state index >= 15 is 0 Å². The number of piperazine rings is 1. The van der Waals surface area contributed by atoms with Crippen LogP contribution in [-0.4, -0.2) is 42.8 Å². The molecule has 112 valence electrons. The van der Waals surface area contributed by atoms with Crippen molar-refractivity contribution >= 4 is 0 Å². The zero-order valence-corrected chi connectivity index (χ0v) is 11.8. The van der Waals surface area contributed by atoms with Gasteiger partial charge in [-0.1, -0.05) is 12.1 Å². The van der Waals surface area contributed by atoms with Crippen molar-refractivity contribution in [2.24, 2.45) is 0 Å². The highest BCUT2D eigenvalue weighted by molar-refractivity contribution is 5.28. The van der Waals surface area contributed by atoms with Gasteiger partial charge in [-0.3, -0.25) is 4.90 Å². The van der Waals surface area contributed by atoms with Crippen molar-refractivity contribution in [3.05, 3.63) is 34.9 Å². The van der Waals surface area contributed by atoms with Gasteiger partial charge in [0, 0.05) is 44.4 Å². The number of aryl methyl sites for hydroxylation is 1. The molecule has 1 aromatic carbocycles. The molecule has 1 aliphatic rings. The molecular weight excluding hydrogens is 262 g/mol. The molecule has 2 N–H and O–H groups in total. The van der Waals surface area contributed by atoms with Crippen molar-refractivity contribution in [3.63, 3.8) is 0 Å². The second-order valence-corrected chi connectivity index (χ2v) is 5.27. The van der Waals surface area contributed by atoms with Gasteiger partial charge in [0.2, 0.25) is 0 Å². The molecule has 0 spiro atoms. The quantitative estimate of drug-likeness (QED) is 0.868. The van der Waals surface area contributed by atoms with Gasteiger partial charge < -0.3 is 10.4 Å². The molecule has 0 saturated carbocycles. The van der Waals surface area contributed by atoms with Crippen LogP contribution in [0, 0.1) is 18.6 Å². The molecule has 5 heteroatoms. The average molecular weight is 284 g/mol. The summed E-state index contributed by atoms with van der Waals surface area (Å²) in [5.41, 5.74) is 0.732. The molecule has 0 unspecified atom stereocenters. The highest BCUT2D eigenvalue weighted by Crippen LogP contribution is 2.30. The minimum Gasteiger partial charge on any atom is -0.396 e. The summed E-state index contributed by atoms with van der Waals surface area (Å²) in [5, 5.41) is 12.3. The molecule has 2 rings (SSSR count). The fraction of sp³-hybridized carbons (Fsp3) is 0.600. The lowest BCUT2D eigenvalue weighted by molar-refractivity contribution is 0.151. The summed E-state index contributed by atoms with van der Waals surface area (Å²) in [5.74, 6) is -1.50. The van der Waals surface area contributed by atoms with Crippen LogP contribution < -0.4 is 5.32 Å². The van der Waals surface area contributed by atoms with E-state index in [0.29, 0.717) is 24.0 Å². The molecule has 1 aliphatic heterocycles. The Morgan fingerprint density at radius 1 is 1.25 bits per heavy atom. The van der Waals surface area contributed by atoms with E-state index < -0.39 is 11.6 Å². The summed E-state index contributed by atoms with van der Waals surface area (Å²) in [4.78, 5) is 2.17. The number of hydrogen-bond donors (Lipinski definition) is 2. The molecule has 1 aromatic rings. The van der Waals surface area contributed by atoms with Crippen molar-refractivity contribution in [1.82, 2.24) is 10.2 Å². The number of nitrogens with zero attached hydrogens (tertiary/aromatic N) is 1. The highest BCUT2D eigenvalue weighted by atomic mass is 19.2. The summed E-state index contributed by atoms with van der Waals surface area (Å²) >= 11 is 0. The first-order chi connectivity index (χ1) is 9.65. The SMILES string of the molecule is Cc1ccc([C@@H](CCCO)N2CCNCC2)c(F)c1F. The Labute approximate surface area is 118 Å². The highest BCUT2D eigenvalue weighted by Gasteiger charge is 2.26. The minimum absolute atomic E-state index is 0.0680. The summed E-state index contributed by atoms with van der Waals surface area (Å²) in [6, 6.07) is 3.14. The van der Waals surface area contributed by atoms with Crippen LogP contribution in [0.15, 0.2) is 12.1 Å². The third-order valence-corrected chi connectivity index (χ3v) is 3.89. The Balaban J connectivity index is 2.27. The monoisotopic (exact) mass is 284 g/mol. The van der Waals surface area contributed by atoms with E-state index in [1.807, 2.05) is 0 Å². The molecule has 1 fully saturated rings. The maximum atomic E-state index is 14.2. The second kappa shape index (κ2) is 7.11. The fourth-order valence-electron chi connectivity index (χ4n) is 2.73. The van der Waals surface area contributed by atoms with E-state index in [1.54, 1.807) is 19.1 Å². The molecule has 0 bridgehead atoms. The van der Waals surface area contributed by atoms with Crippen LogP contribution in [0.4, 0.5) is 8.78 Å². The number of aliphatic hydroxyl groups is 1. The van der Waals surface area contributed by atoms with Crippen LogP contribution in [0.3, 0.4) is 0 Å². The summed E-state index contributed by atoms with van der Waals surface area (Å²) in [6.07, 6.45) is 1.22. The van der Waals surface area contributed by atoms with Crippen molar-refractivity contribution in [1.29, 1.82) is 0 Å². The normalized spacial score (nSPS) is 18.2. The number of rotatable bonds is 5. The Kier molecular flexibility index (Phi) is 5.46. The average Bonchev–Trinajstić information content (AvgIpc) is 2.48. The van der Waals surface area contributed by atoms with Gasteiger partial charge in [-0.2, -0.15) is 0 Å². The number of halogens is 2. The largest absolute Gasteiger partial charge is 0.396 e. The summed E-state index contributed by atoms with van der Waals surface area (Å²) < 4.78 is 28.0. The first-order valence-corrected chi connectivity index (χ1v) is 7.15. The van der Waals surface area contributed by atoms with Crippen LogP contribution in [0.2, 0.25) is 0 Å². The predicted molar refractivity (Wildman–Crippen MR) is 74.6 cm³/mol. The van der Waals surface area contributed by atoms with Crippen molar-refractivity contribution in [2.75, 3.05) is 32.8 Å². The lowest BCUT2D eigenvalue weighted by Gasteiger charge is -2.35. The number of aliphatic hydroxyl groups excluding tert-OH is 1. The fourth-order valence-corrected chi connectivity index (χ4v) is 2.73. The van der Waals surface area contributed by atoms with E-state index in [2.05, 4.69) is 10.2 Å². The molecule has 1 saturated heterocycles. The molecule has 0 aliphatic carbocycles. The molecule has 0 aromatic heterocycles. The van der Waals surface area contributed by atoms with Crippen LogP contribution in [0.5, 0.6) is 0 Å². The molecule has 1 atom stereocenters. The van der Waals surface area contributed by atoms with Crippen LogP contribution >= 0.6 is 0 Å². The van der Waals surface area contributed by atoms with Gasteiger partial charge in [-0.15, -0.1) is 0 Å². The Hall–Kier alpha value is -1.04. The van der Waals surface area contributed by atoms with Crippen molar-refractivity contribution < 1.29 is 13.9 Å². The lowest BCUT2D eigenvalue weighted by atomic mass is 9.97.